The monoisotopic (exact) mass is 437 g/mol. The third kappa shape index (κ3) is 5.76. The summed E-state index contributed by atoms with van der Waals surface area (Å²) in [5.74, 6) is 0.975. The van der Waals surface area contributed by atoms with Crippen molar-refractivity contribution in [3.05, 3.63) is 0 Å². The van der Waals surface area contributed by atoms with Gasteiger partial charge in [0, 0.05) is 33.9 Å². The number of nitrogens with one attached hydrogen (secondary N) is 2. The maximum atomic E-state index is 5.28. The lowest BCUT2D eigenvalue weighted by atomic mass is 9.67. The summed E-state index contributed by atoms with van der Waals surface area (Å²) in [6.07, 6.45) is 11.9. The van der Waals surface area contributed by atoms with Crippen LogP contribution in [0.3, 0.4) is 0 Å². The summed E-state index contributed by atoms with van der Waals surface area (Å²) in [4.78, 5) is 4.42. The molecule has 2 fully saturated rings. The van der Waals surface area contributed by atoms with E-state index in [-0.39, 0.29) is 24.0 Å². The van der Waals surface area contributed by atoms with E-state index < -0.39 is 0 Å². The lowest BCUT2D eigenvalue weighted by Crippen LogP contribution is -2.48. The highest BCUT2D eigenvalue weighted by Gasteiger charge is 2.37. The largest absolute Gasteiger partial charge is 0.385 e. The summed E-state index contributed by atoms with van der Waals surface area (Å²) in [6.45, 7) is 5.29. The Bertz CT molecular complexity index is 363. The van der Waals surface area contributed by atoms with Crippen LogP contribution < -0.4 is 10.6 Å². The van der Waals surface area contributed by atoms with Gasteiger partial charge in [-0.25, -0.2) is 0 Å². The minimum Gasteiger partial charge on any atom is -0.385 e. The first-order valence-corrected chi connectivity index (χ1v) is 9.11. The Hall–Kier alpha value is -0.0400. The minimum atomic E-state index is 0. The average molecular weight is 437 g/mol. The zero-order valence-electron chi connectivity index (χ0n) is 15.2. The summed E-state index contributed by atoms with van der Waals surface area (Å²) in [5.41, 5.74) is 0.936. The molecule has 0 radical (unpaired) electrons. The van der Waals surface area contributed by atoms with E-state index in [2.05, 4.69) is 22.5 Å². The van der Waals surface area contributed by atoms with E-state index in [1.54, 1.807) is 7.11 Å². The van der Waals surface area contributed by atoms with Crippen molar-refractivity contribution in [1.29, 1.82) is 0 Å². The lowest BCUT2D eigenvalue weighted by molar-refractivity contribution is 0.0732. The zero-order chi connectivity index (χ0) is 15.9. The molecule has 136 valence electrons. The fourth-order valence-electron chi connectivity index (χ4n) is 4.05. The summed E-state index contributed by atoms with van der Waals surface area (Å²) < 4.78 is 5.28. The molecule has 0 bridgehead atoms. The van der Waals surface area contributed by atoms with Gasteiger partial charge in [-0.3, -0.25) is 4.99 Å². The summed E-state index contributed by atoms with van der Waals surface area (Å²) in [7, 11) is 3.68. The molecule has 2 aliphatic rings. The number of hydrogen-bond donors (Lipinski definition) is 2. The van der Waals surface area contributed by atoms with Crippen molar-refractivity contribution in [2.24, 2.45) is 15.8 Å². The third-order valence-electron chi connectivity index (χ3n) is 6.15. The Labute approximate surface area is 159 Å². The molecule has 0 aliphatic heterocycles. The maximum absolute atomic E-state index is 5.28. The van der Waals surface area contributed by atoms with Gasteiger partial charge in [-0.2, -0.15) is 0 Å². The number of methoxy groups -OCH3 is 1. The van der Waals surface area contributed by atoms with Crippen LogP contribution in [-0.2, 0) is 4.74 Å². The molecular weight excluding hydrogens is 401 g/mol. The summed E-state index contributed by atoms with van der Waals surface area (Å²) >= 11 is 0. The third-order valence-corrected chi connectivity index (χ3v) is 6.15. The van der Waals surface area contributed by atoms with Crippen LogP contribution in [0, 0.1) is 10.8 Å². The molecule has 0 amide bonds. The second-order valence-electron chi connectivity index (χ2n) is 7.44. The van der Waals surface area contributed by atoms with Crippen molar-refractivity contribution in [3.8, 4) is 0 Å². The van der Waals surface area contributed by atoms with Crippen LogP contribution in [0.15, 0.2) is 4.99 Å². The molecule has 0 spiro atoms. The van der Waals surface area contributed by atoms with Crippen LogP contribution in [0.1, 0.15) is 64.7 Å². The molecule has 2 saturated carbocycles. The van der Waals surface area contributed by atoms with E-state index in [1.165, 1.54) is 51.4 Å². The van der Waals surface area contributed by atoms with Gasteiger partial charge in [-0.15, -0.1) is 24.0 Å². The number of aliphatic imine (C=N–C) groups is 1. The van der Waals surface area contributed by atoms with Gasteiger partial charge in [0.25, 0.3) is 0 Å². The van der Waals surface area contributed by atoms with E-state index >= 15 is 0 Å². The molecule has 0 aromatic carbocycles. The molecule has 0 atom stereocenters. The maximum Gasteiger partial charge on any atom is 0.191 e. The van der Waals surface area contributed by atoms with Crippen molar-refractivity contribution in [3.63, 3.8) is 0 Å². The second kappa shape index (κ2) is 10.1. The van der Waals surface area contributed by atoms with Crippen LogP contribution in [0.4, 0.5) is 0 Å². The normalized spacial score (nSPS) is 22.1. The molecule has 2 N–H and O–H groups in total. The Kier molecular flexibility index (Phi) is 9.19. The van der Waals surface area contributed by atoms with Gasteiger partial charge in [0.15, 0.2) is 5.96 Å². The summed E-state index contributed by atoms with van der Waals surface area (Å²) in [5, 5.41) is 7.16. The highest BCUT2D eigenvalue weighted by atomic mass is 127. The van der Waals surface area contributed by atoms with Crippen LogP contribution in [-0.4, -0.2) is 39.8 Å². The predicted octanol–water partition coefficient (Wildman–Crippen LogP) is 3.95. The molecular formula is C18H36IN3O. The molecule has 0 saturated heterocycles. The van der Waals surface area contributed by atoms with Crippen LogP contribution in [0.25, 0.3) is 0 Å². The molecule has 0 aromatic heterocycles. The molecule has 0 aromatic rings. The quantitative estimate of drug-likeness (QED) is 0.344. The van der Waals surface area contributed by atoms with E-state index in [0.29, 0.717) is 10.8 Å². The van der Waals surface area contributed by atoms with Crippen molar-refractivity contribution in [1.82, 2.24) is 10.6 Å². The standard InChI is InChI=1S/C18H35N3O.HI/c1-4-17(8-5-6-9-17)14-20-16(19-2)21-15-18(10-7-11-18)12-13-22-3;/h4-15H2,1-3H3,(H2,19,20,21);1H. The Morgan fingerprint density at radius 1 is 1.00 bits per heavy atom. The van der Waals surface area contributed by atoms with E-state index in [9.17, 15) is 0 Å². The average Bonchev–Trinajstić information content (AvgIpc) is 2.98. The van der Waals surface area contributed by atoms with Crippen LogP contribution in [0.5, 0.6) is 0 Å². The number of halogens is 1. The number of ether oxygens (including phenoxy) is 1. The van der Waals surface area contributed by atoms with Gasteiger partial charge < -0.3 is 15.4 Å². The summed E-state index contributed by atoms with van der Waals surface area (Å²) in [6, 6.07) is 0. The van der Waals surface area contributed by atoms with Crippen LogP contribution >= 0.6 is 24.0 Å². The highest BCUT2D eigenvalue weighted by molar-refractivity contribution is 14.0. The fourth-order valence-corrected chi connectivity index (χ4v) is 4.05. The van der Waals surface area contributed by atoms with Crippen molar-refractivity contribution >= 4 is 29.9 Å². The first kappa shape index (κ1) is 21.0. The van der Waals surface area contributed by atoms with Crippen LogP contribution in [0.2, 0.25) is 0 Å². The molecule has 2 aliphatic carbocycles. The van der Waals surface area contributed by atoms with Gasteiger partial charge in [0.1, 0.15) is 0 Å². The molecule has 2 rings (SSSR count). The number of nitrogens with zero attached hydrogens (tertiary/aromatic N) is 1. The second-order valence-corrected chi connectivity index (χ2v) is 7.44. The zero-order valence-corrected chi connectivity index (χ0v) is 17.6. The molecule has 0 unspecified atom stereocenters. The van der Waals surface area contributed by atoms with Crippen molar-refractivity contribution in [2.75, 3.05) is 33.9 Å². The Morgan fingerprint density at radius 3 is 2.00 bits per heavy atom. The van der Waals surface area contributed by atoms with Gasteiger partial charge in [0.05, 0.1) is 0 Å². The Balaban J connectivity index is 0.00000264. The van der Waals surface area contributed by atoms with Gasteiger partial charge in [0.2, 0.25) is 0 Å². The van der Waals surface area contributed by atoms with Gasteiger partial charge in [-0.1, -0.05) is 26.2 Å². The predicted molar refractivity (Wildman–Crippen MR) is 109 cm³/mol. The SMILES string of the molecule is CCC1(CNC(=NC)NCC2(CCOC)CCC2)CCCC1.I. The smallest absolute Gasteiger partial charge is 0.191 e. The highest BCUT2D eigenvalue weighted by Crippen LogP contribution is 2.43. The fraction of sp³-hybridized carbons (Fsp3) is 0.944. The number of hydrogen-bond acceptors (Lipinski definition) is 2. The topological polar surface area (TPSA) is 45.7 Å². The van der Waals surface area contributed by atoms with Crippen molar-refractivity contribution in [2.45, 2.75) is 64.7 Å². The van der Waals surface area contributed by atoms with E-state index in [0.717, 1.165) is 32.1 Å². The molecule has 4 nitrogen and oxygen atoms in total. The lowest BCUT2D eigenvalue weighted by Gasteiger charge is -2.42. The number of rotatable bonds is 8. The molecule has 5 heteroatoms. The van der Waals surface area contributed by atoms with Gasteiger partial charge in [-0.05, 0) is 49.4 Å². The minimum absolute atomic E-state index is 0. The van der Waals surface area contributed by atoms with Crippen molar-refractivity contribution < 1.29 is 4.74 Å². The number of guanidine groups is 1. The first-order chi connectivity index (χ1) is 10.7. The van der Waals surface area contributed by atoms with Gasteiger partial charge >= 0.3 is 0 Å². The Morgan fingerprint density at radius 2 is 1.57 bits per heavy atom. The molecule has 23 heavy (non-hydrogen) atoms. The first-order valence-electron chi connectivity index (χ1n) is 9.11. The van der Waals surface area contributed by atoms with E-state index in [1.807, 2.05) is 7.05 Å². The molecule has 0 heterocycles. The van der Waals surface area contributed by atoms with E-state index in [4.69, 9.17) is 4.74 Å².